The van der Waals surface area contributed by atoms with Crippen molar-refractivity contribution in [2.24, 2.45) is 0 Å². The Morgan fingerprint density at radius 1 is 1.25 bits per heavy atom. The van der Waals surface area contributed by atoms with E-state index in [1.807, 2.05) is 0 Å². The van der Waals surface area contributed by atoms with Gasteiger partial charge < -0.3 is 10.1 Å². The number of fused-ring (bicyclic) bond motifs is 1. The molecular weight excluding hydrogens is 369 g/mol. The number of rotatable bonds is 4. The molecular formula is C21H27F3N2O2. The number of nitrogens with zero attached hydrogens (tertiary/aromatic N) is 1. The average molecular weight is 396 g/mol. The maximum Gasteiger partial charge on any atom is 0.416 e. The highest BCUT2D eigenvalue weighted by molar-refractivity contribution is 5.88. The Hall–Kier alpha value is -1.60. The van der Waals surface area contributed by atoms with Gasteiger partial charge in [-0.05, 0) is 43.9 Å². The number of halogens is 3. The lowest BCUT2D eigenvalue weighted by atomic mass is 9.77. The van der Waals surface area contributed by atoms with Crippen molar-refractivity contribution in [3.8, 4) is 0 Å². The molecule has 0 unspecified atom stereocenters. The first-order chi connectivity index (χ1) is 13.4. The summed E-state index contributed by atoms with van der Waals surface area (Å²) < 4.78 is 45.4. The molecule has 0 bridgehead atoms. The van der Waals surface area contributed by atoms with Crippen LogP contribution in [0.15, 0.2) is 24.3 Å². The van der Waals surface area contributed by atoms with Crippen LogP contribution in [0.2, 0.25) is 0 Å². The third kappa shape index (κ3) is 3.79. The standard InChI is InChI=1S/C21H27F3N2O2/c22-21(23,24)16-6-3-5-15(11-16)20(8-1-2-9-20)19(27)25-12-18-13-26-10-4-7-17(26)14-28-18/h3,5-6,11,17-18H,1-2,4,7-10,12-14H2,(H,25,27)/t17-,18-/m1/s1. The fraction of sp³-hybridized carbons (Fsp3) is 0.667. The Kier molecular flexibility index (Phi) is 5.40. The summed E-state index contributed by atoms with van der Waals surface area (Å²) >= 11 is 0. The quantitative estimate of drug-likeness (QED) is 0.847. The molecule has 0 radical (unpaired) electrons. The number of amides is 1. The van der Waals surface area contributed by atoms with Crippen LogP contribution in [-0.4, -0.2) is 49.2 Å². The largest absolute Gasteiger partial charge is 0.416 e. The molecule has 3 fully saturated rings. The van der Waals surface area contributed by atoms with Crippen LogP contribution in [0, 0.1) is 0 Å². The van der Waals surface area contributed by atoms with E-state index in [1.54, 1.807) is 6.07 Å². The number of carbonyl (C=O) groups excluding carboxylic acids is 1. The summed E-state index contributed by atoms with van der Waals surface area (Å²) in [6.45, 7) is 2.98. The highest BCUT2D eigenvalue weighted by Crippen LogP contribution is 2.43. The molecule has 0 spiro atoms. The van der Waals surface area contributed by atoms with Gasteiger partial charge in [-0.15, -0.1) is 0 Å². The van der Waals surface area contributed by atoms with Crippen LogP contribution in [0.25, 0.3) is 0 Å². The van der Waals surface area contributed by atoms with E-state index in [4.69, 9.17) is 4.74 Å². The van der Waals surface area contributed by atoms with Gasteiger partial charge in [0.15, 0.2) is 0 Å². The zero-order chi connectivity index (χ0) is 19.8. The van der Waals surface area contributed by atoms with Crippen molar-refractivity contribution in [2.75, 3.05) is 26.2 Å². The molecule has 1 aromatic rings. The number of carbonyl (C=O) groups is 1. The van der Waals surface area contributed by atoms with E-state index in [0.29, 0.717) is 37.6 Å². The summed E-state index contributed by atoms with van der Waals surface area (Å²) in [5.74, 6) is -0.170. The Balaban J connectivity index is 1.46. The molecule has 7 heteroatoms. The lowest BCUT2D eigenvalue weighted by molar-refractivity contribution is -0.138. The Labute approximate surface area is 163 Å². The van der Waals surface area contributed by atoms with Crippen molar-refractivity contribution in [3.63, 3.8) is 0 Å². The molecule has 1 aromatic carbocycles. The van der Waals surface area contributed by atoms with Crippen molar-refractivity contribution in [1.82, 2.24) is 10.2 Å². The molecule has 2 aliphatic heterocycles. The highest BCUT2D eigenvalue weighted by Gasteiger charge is 2.44. The summed E-state index contributed by atoms with van der Waals surface area (Å²) in [6.07, 6.45) is 0.744. The molecule has 2 atom stereocenters. The van der Waals surface area contributed by atoms with E-state index < -0.39 is 17.2 Å². The van der Waals surface area contributed by atoms with Crippen LogP contribution >= 0.6 is 0 Å². The summed E-state index contributed by atoms with van der Waals surface area (Å²) in [4.78, 5) is 15.6. The monoisotopic (exact) mass is 396 g/mol. The lowest BCUT2D eigenvalue weighted by Crippen LogP contribution is -2.52. The minimum atomic E-state index is -4.41. The predicted octanol–water partition coefficient (Wildman–Crippen LogP) is 3.50. The zero-order valence-corrected chi connectivity index (χ0v) is 15.9. The van der Waals surface area contributed by atoms with Crippen LogP contribution in [-0.2, 0) is 21.1 Å². The average Bonchev–Trinajstić information content (AvgIpc) is 3.35. The summed E-state index contributed by atoms with van der Waals surface area (Å²) in [7, 11) is 0. The molecule has 0 aromatic heterocycles. The molecule has 1 amide bonds. The van der Waals surface area contributed by atoms with E-state index in [0.717, 1.165) is 44.5 Å². The van der Waals surface area contributed by atoms with E-state index in [9.17, 15) is 18.0 Å². The van der Waals surface area contributed by atoms with Crippen molar-refractivity contribution in [2.45, 2.75) is 62.3 Å². The van der Waals surface area contributed by atoms with Gasteiger partial charge >= 0.3 is 6.18 Å². The Morgan fingerprint density at radius 2 is 2.04 bits per heavy atom. The van der Waals surface area contributed by atoms with Gasteiger partial charge in [-0.1, -0.05) is 31.0 Å². The molecule has 2 saturated heterocycles. The molecule has 4 nitrogen and oxygen atoms in total. The van der Waals surface area contributed by atoms with Crippen molar-refractivity contribution in [1.29, 1.82) is 0 Å². The SMILES string of the molecule is O=C(NC[C@@H]1CN2CCC[C@@H]2CO1)C1(c2cccc(C(F)(F)F)c2)CCCC1. The van der Waals surface area contributed by atoms with Gasteiger partial charge in [-0.2, -0.15) is 13.2 Å². The molecule has 4 rings (SSSR count). The second-order valence-corrected chi connectivity index (χ2v) is 8.32. The van der Waals surface area contributed by atoms with Gasteiger partial charge in [0.2, 0.25) is 5.91 Å². The predicted molar refractivity (Wildman–Crippen MR) is 98.9 cm³/mol. The normalized spacial score (nSPS) is 27.5. The van der Waals surface area contributed by atoms with Crippen LogP contribution in [0.5, 0.6) is 0 Å². The smallest absolute Gasteiger partial charge is 0.373 e. The van der Waals surface area contributed by atoms with Gasteiger partial charge in [0.25, 0.3) is 0 Å². The summed E-state index contributed by atoms with van der Waals surface area (Å²) in [5.41, 5.74) is -1.09. The first-order valence-corrected chi connectivity index (χ1v) is 10.2. The van der Waals surface area contributed by atoms with Crippen LogP contribution in [0.4, 0.5) is 13.2 Å². The lowest BCUT2D eigenvalue weighted by Gasteiger charge is -2.36. The van der Waals surface area contributed by atoms with Gasteiger partial charge in [-0.3, -0.25) is 9.69 Å². The summed E-state index contributed by atoms with van der Waals surface area (Å²) in [5, 5.41) is 3.00. The van der Waals surface area contributed by atoms with Gasteiger partial charge in [0.05, 0.1) is 23.7 Å². The maximum absolute atomic E-state index is 13.2. The van der Waals surface area contributed by atoms with Gasteiger partial charge in [0.1, 0.15) is 0 Å². The van der Waals surface area contributed by atoms with Crippen LogP contribution < -0.4 is 5.32 Å². The first-order valence-electron chi connectivity index (χ1n) is 10.2. The molecule has 2 heterocycles. The number of hydrogen-bond donors (Lipinski definition) is 1. The van der Waals surface area contributed by atoms with Crippen molar-refractivity contribution < 1.29 is 22.7 Å². The number of nitrogens with one attached hydrogen (secondary N) is 1. The second kappa shape index (κ2) is 7.67. The molecule has 1 saturated carbocycles. The number of morpholine rings is 1. The number of benzene rings is 1. The maximum atomic E-state index is 13.2. The van der Waals surface area contributed by atoms with Gasteiger partial charge in [-0.25, -0.2) is 0 Å². The van der Waals surface area contributed by atoms with Crippen LogP contribution in [0.1, 0.15) is 49.7 Å². The van der Waals surface area contributed by atoms with E-state index in [1.165, 1.54) is 12.5 Å². The number of ether oxygens (including phenoxy) is 1. The summed E-state index contributed by atoms with van der Waals surface area (Å²) in [6, 6.07) is 5.77. The fourth-order valence-corrected chi connectivity index (χ4v) is 5.00. The molecule has 1 aliphatic carbocycles. The minimum absolute atomic E-state index is 0.0572. The van der Waals surface area contributed by atoms with Crippen molar-refractivity contribution in [3.05, 3.63) is 35.4 Å². The van der Waals surface area contributed by atoms with E-state index >= 15 is 0 Å². The fourth-order valence-electron chi connectivity index (χ4n) is 5.00. The first kappa shape index (κ1) is 19.7. The minimum Gasteiger partial charge on any atom is -0.373 e. The van der Waals surface area contributed by atoms with E-state index in [-0.39, 0.29) is 12.0 Å². The van der Waals surface area contributed by atoms with E-state index in [2.05, 4.69) is 10.2 Å². The molecule has 1 N–H and O–H groups in total. The third-order valence-electron chi connectivity index (χ3n) is 6.59. The highest BCUT2D eigenvalue weighted by atomic mass is 19.4. The molecule has 3 aliphatic rings. The topological polar surface area (TPSA) is 41.6 Å². The van der Waals surface area contributed by atoms with Crippen molar-refractivity contribution >= 4 is 5.91 Å². The number of hydrogen-bond acceptors (Lipinski definition) is 3. The Bertz CT molecular complexity index is 716. The number of alkyl halides is 3. The zero-order valence-electron chi connectivity index (χ0n) is 15.9. The molecule has 154 valence electrons. The van der Waals surface area contributed by atoms with Gasteiger partial charge in [0, 0.05) is 19.1 Å². The van der Waals surface area contributed by atoms with Crippen LogP contribution in [0.3, 0.4) is 0 Å². The third-order valence-corrected chi connectivity index (χ3v) is 6.59. The second-order valence-electron chi connectivity index (χ2n) is 8.32. The molecule has 28 heavy (non-hydrogen) atoms. The Morgan fingerprint density at radius 3 is 2.79 bits per heavy atom.